The lowest BCUT2D eigenvalue weighted by Gasteiger charge is -2.20. The topological polar surface area (TPSA) is 97.3 Å². The second-order valence-electron chi connectivity index (χ2n) is 7.19. The van der Waals surface area contributed by atoms with Gasteiger partial charge in [0.25, 0.3) is 0 Å². The van der Waals surface area contributed by atoms with Gasteiger partial charge in [-0.25, -0.2) is 9.59 Å². The Balaban J connectivity index is 2.28. The Hall–Kier alpha value is -3.94. The average molecular weight is 438 g/mol. The van der Waals surface area contributed by atoms with Crippen molar-refractivity contribution < 1.29 is 27.8 Å². The minimum absolute atomic E-state index is 0.295. The number of fused-ring (bicyclic) bond motifs is 2. The standard InChI is InChI=1S/C24H22O8/c1-11-7-13(27-3)23(24-20(11)15(29-5)9-19(26)32-24)22-12(2)21-16(30-6)10-18(25)31-17(21)8-14(22)28-4/h7-10H,1-6H3. The molecule has 0 bridgehead atoms. The van der Waals surface area contributed by atoms with Crippen molar-refractivity contribution in [3.63, 3.8) is 0 Å². The normalized spacial score (nSPS) is 11.1. The van der Waals surface area contributed by atoms with Gasteiger partial charge in [0.1, 0.15) is 28.6 Å². The van der Waals surface area contributed by atoms with E-state index in [1.807, 2.05) is 19.9 Å². The van der Waals surface area contributed by atoms with Gasteiger partial charge in [-0.2, -0.15) is 0 Å². The quantitative estimate of drug-likeness (QED) is 0.427. The minimum Gasteiger partial charge on any atom is -0.496 e. The molecule has 4 rings (SSSR count). The molecule has 2 aromatic carbocycles. The molecule has 8 heteroatoms. The number of methoxy groups -OCH3 is 4. The maximum absolute atomic E-state index is 12.4. The predicted octanol–water partition coefficient (Wildman–Crippen LogP) is 4.22. The number of ether oxygens (including phenoxy) is 4. The molecule has 0 N–H and O–H groups in total. The van der Waals surface area contributed by atoms with E-state index in [2.05, 4.69) is 0 Å². The van der Waals surface area contributed by atoms with Crippen LogP contribution in [0.4, 0.5) is 0 Å². The SMILES string of the molecule is COc1cc2oc(=O)cc(OC)c2c(C)c1-c1c(OC)cc(C)c2c(OC)cc(=O)oc12. The van der Waals surface area contributed by atoms with E-state index in [1.54, 1.807) is 6.07 Å². The monoisotopic (exact) mass is 438 g/mol. The highest BCUT2D eigenvalue weighted by atomic mass is 16.5. The number of hydrogen-bond donors (Lipinski definition) is 0. The first-order valence-electron chi connectivity index (χ1n) is 9.73. The number of aryl methyl sites for hydroxylation is 2. The Kier molecular flexibility index (Phi) is 5.30. The maximum Gasteiger partial charge on any atom is 0.339 e. The van der Waals surface area contributed by atoms with Gasteiger partial charge < -0.3 is 27.8 Å². The fourth-order valence-corrected chi connectivity index (χ4v) is 4.13. The summed E-state index contributed by atoms with van der Waals surface area (Å²) in [5.74, 6) is 1.62. The Morgan fingerprint density at radius 1 is 0.625 bits per heavy atom. The third kappa shape index (κ3) is 3.15. The zero-order valence-corrected chi connectivity index (χ0v) is 18.6. The molecule has 0 saturated heterocycles. The van der Waals surface area contributed by atoms with Crippen LogP contribution in [-0.2, 0) is 0 Å². The molecular formula is C24H22O8. The smallest absolute Gasteiger partial charge is 0.339 e. The molecule has 0 aliphatic carbocycles. The van der Waals surface area contributed by atoms with Gasteiger partial charge in [0.05, 0.1) is 56.9 Å². The van der Waals surface area contributed by atoms with E-state index in [4.69, 9.17) is 27.8 Å². The third-order valence-electron chi connectivity index (χ3n) is 5.48. The molecule has 0 atom stereocenters. The minimum atomic E-state index is -0.566. The van der Waals surface area contributed by atoms with Crippen molar-refractivity contribution in [1.29, 1.82) is 0 Å². The van der Waals surface area contributed by atoms with Crippen LogP contribution >= 0.6 is 0 Å². The van der Waals surface area contributed by atoms with Gasteiger partial charge in [-0.1, -0.05) is 0 Å². The Labute approximate surface area is 182 Å². The highest BCUT2D eigenvalue weighted by Gasteiger charge is 2.26. The molecule has 0 aliphatic heterocycles. The van der Waals surface area contributed by atoms with Crippen LogP contribution in [0.2, 0.25) is 0 Å². The summed E-state index contributed by atoms with van der Waals surface area (Å²) in [6.45, 7) is 3.71. The summed E-state index contributed by atoms with van der Waals surface area (Å²) >= 11 is 0. The van der Waals surface area contributed by atoms with E-state index in [0.717, 1.165) is 5.56 Å². The van der Waals surface area contributed by atoms with Crippen LogP contribution in [0.3, 0.4) is 0 Å². The lowest BCUT2D eigenvalue weighted by atomic mass is 9.92. The van der Waals surface area contributed by atoms with E-state index in [9.17, 15) is 9.59 Å². The second kappa shape index (κ2) is 7.96. The maximum atomic E-state index is 12.4. The fraction of sp³-hybridized carbons (Fsp3) is 0.250. The zero-order valence-electron chi connectivity index (χ0n) is 18.6. The third-order valence-corrected chi connectivity index (χ3v) is 5.48. The Morgan fingerprint density at radius 3 is 1.75 bits per heavy atom. The molecular weight excluding hydrogens is 416 g/mol. The van der Waals surface area contributed by atoms with Crippen molar-refractivity contribution in [3.05, 3.63) is 56.2 Å². The molecule has 0 amide bonds. The molecule has 2 aromatic heterocycles. The van der Waals surface area contributed by atoms with Crippen molar-refractivity contribution in [2.24, 2.45) is 0 Å². The first kappa shape index (κ1) is 21.3. The number of hydrogen-bond acceptors (Lipinski definition) is 8. The summed E-state index contributed by atoms with van der Waals surface area (Å²) in [4.78, 5) is 24.3. The van der Waals surface area contributed by atoms with Crippen LogP contribution in [0, 0.1) is 13.8 Å². The van der Waals surface area contributed by atoms with Gasteiger partial charge in [-0.15, -0.1) is 0 Å². The summed E-state index contributed by atoms with van der Waals surface area (Å²) < 4.78 is 33.3. The summed E-state index contributed by atoms with van der Waals surface area (Å²) in [7, 11) is 6.00. The van der Waals surface area contributed by atoms with Crippen LogP contribution in [0.1, 0.15) is 11.1 Å². The van der Waals surface area contributed by atoms with Crippen LogP contribution in [0.25, 0.3) is 33.1 Å². The highest BCUT2D eigenvalue weighted by molar-refractivity contribution is 6.05. The Morgan fingerprint density at radius 2 is 1.16 bits per heavy atom. The molecule has 166 valence electrons. The van der Waals surface area contributed by atoms with Crippen LogP contribution in [0.5, 0.6) is 23.0 Å². The number of benzene rings is 2. The van der Waals surface area contributed by atoms with Crippen molar-refractivity contribution in [3.8, 4) is 34.1 Å². The second-order valence-corrected chi connectivity index (χ2v) is 7.19. The molecule has 2 heterocycles. The van der Waals surface area contributed by atoms with Crippen LogP contribution in [-0.4, -0.2) is 28.4 Å². The van der Waals surface area contributed by atoms with Crippen molar-refractivity contribution in [1.82, 2.24) is 0 Å². The van der Waals surface area contributed by atoms with E-state index in [0.29, 0.717) is 61.6 Å². The van der Waals surface area contributed by atoms with Gasteiger partial charge in [-0.05, 0) is 31.0 Å². The molecule has 0 spiro atoms. The highest BCUT2D eigenvalue weighted by Crippen LogP contribution is 2.48. The van der Waals surface area contributed by atoms with Crippen molar-refractivity contribution in [2.45, 2.75) is 13.8 Å². The fourth-order valence-electron chi connectivity index (χ4n) is 4.13. The van der Waals surface area contributed by atoms with E-state index >= 15 is 0 Å². The molecule has 32 heavy (non-hydrogen) atoms. The predicted molar refractivity (Wildman–Crippen MR) is 120 cm³/mol. The van der Waals surface area contributed by atoms with Crippen molar-refractivity contribution >= 4 is 21.9 Å². The summed E-state index contributed by atoms with van der Waals surface area (Å²) in [5.41, 5.74) is 2.10. The largest absolute Gasteiger partial charge is 0.496 e. The van der Waals surface area contributed by atoms with E-state index in [1.165, 1.54) is 40.6 Å². The summed E-state index contributed by atoms with van der Waals surface area (Å²) in [6.07, 6.45) is 0. The summed E-state index contributed by atoms with van der Waals surface area (Å²) in [5, 5.41) is 1.22. The van der Waals surface area contributed by atoms with E-state index < -0.39 is 11.3 Å². The first-order valence-corrected chi connectivity index (χ1v) is 9.73. The average Bonchev–Trinajstić information content (AvgIpc) is 2.77. The molecule has 0 unspecified atom stereocenters. The molecule has 4 aromatic rings. The summed E-state index contributed by atoms with van der Waals surface area (Å²) in [6, 6.07) is 6.02. The zero-order chi connectivity index (χ0) is 23.2. The van der Waals surface area contributed by atoms with Gasteiger partial charge in [0.2, 0.25) is 0 Å². The lowest BCUT2D eigenvalue weighted by molar-refractivity contribution is 0.404. The van der Waals surface area contributed by atoms with Crippen molar-refractivity contribution in [2.75, 3.05) is 28.4 Å². The molecule has 0 fully saturated rings. The molecule has 0 saturated carbocycles. The first-order chi connectivity index (χ1) is 15.3. The number of rotatable bonds is 5. The van der Waals surface area contributed by atoms with Gasteiger partial charge in [0.15, 0.2) is 5.58 Å². The van der Waals surface area contributed by atoms with Crippen LogP contribution < -0.4 is 30.2 Å². The van der Waals surface area contributed by atoms with E-state index in [-0.39, 0.29) is 0 Å². The van der Waals surface area contributed by atoms with Gasteiger partial charge in [-0.3, -0.25) is 0 Å². The van der Waals surface area contributed by atoms with Crippen LogP contribution in [0.15, 0.2) is 42.7 Å². The van der Waals surface area contributed by atoms with Gasteiger partial charge >= 0.3 is 11.3 Å². The molecule has 8 nitrogen and oxygen atoms in total. The Bertz CT molecular complexity index is 1480. The lowest BCUT2D eigenvalue weighted by Crippen LogP contribution is -2.05. The molecule has 0 aliphatic rings. The van der Waals surface area contributed by atoms with Gasteiger partial charge in [0, 0.05) is 11.6 Å². The molecule has 0 radical (unpaired) electrons.